The summed E-state index contributed by atoms with van der Waals surface area (Å²) in [5.74, 6) is -0.798. The van der Waals surface area contributed by atoms with Crippen LogP contribution in [0.25, 0.3) is 5.65 Å². The molecule has 2 fully saturated rings. The Morgan fingerprint density at radius 2 is 1.80 bits per heavy atom. The van der Waals surface area contributed by atoms with Crippen LogP contribution in [-0.4, -0.2) is 62.8 Å². The van der Waals surface area contributed by atoms with Crippen molar-refractivity contribution in [3.8, 4) is 0 Å². The van der Waals surface area contributed by atoms with Crippen molar-refractivity contribution in [1.82, 2.24) is 19.5 Å². The quantitative estimate of drug-likeness (QED) is 0.401. The van der Waals surface area contributed by atoms with Crippen LogP contribution in [0.4, 0.5) is 15.9 Å². The molecule has 8 nitrogen and oxygen atoms in total. The molecule has 3 aromatic rings. The number of aliphatic carboxylic acids is 1. The predicted octanol–water partition coefficient (Wildman–Crippen LogP) is 6.07. The van der Waals surface area contributed by atoms with E-state index in [1.165, 1.54) is 4.90 Å². The number of likely N-dealkylation sites (tertiary alicyclic amines) is 1. The van der Waals surface area contributed by atoms with E-state index in [1.807, 2.05) is 13.1 Å². The van der Waals surface area contributed by atoms with Crippen LogP contribution < -0.4 is 4.90 Å². The number of nitrogens with zero attached hydrogens (tertiary/aromatic N) is 5. The molecule has 0 unspecified atom stereocenters. The number of carbonyl (C=O) groups is 2. The Kier molecular flexibility index (Phi) is 7.59. The zero-order valence-electron chi connectivity index (χ0n) is 24.2. The molecule has 1 amide bonds. The first-order valence-corrected chi connectivity index (χ1v) is 14.3. The number of amides is 1. The second-order valence-corrected chi connectivity index (χ2v) is 12.5. The largest absolute Gasteiger partial charge is 0.481 e. The topological polar surface area (TPSA) is 91.0 Å². The molecule has 1 saturated carbocycles. The van der Waals surface area contributed by atoms with Crippen LogP contribution in [0.3, 0.4) is 0 Å². The Balaban J connectivity index is 1.51. The summed E-state index contributed by atoms with van der Waals surface area (Å²) in [4.78, 5) is 33.1. The van der Waals surface area contributed by atoms with Crippen molar-refractivity contribution in [2.75, 3.05) is 25.0 Å². The van der Waals surface area contributed by atoms with Gasteiger partial charge in [0.25, 0.3) is 5.91 Å². The first kappa shape index (κ1) is 28.1. The summed E-state index contributed by atoms with van der Waals surface area (Å²) in [5, 5.41) is 13.8. The normalized spacial score (nSPS) is 21.5. The lowest BCUT2D eigenvalue weighted by Crippen LogP contribution is -2.45. The SMILES string of the molecule is Cc1cccc(C)c1N(C)c1cc(C2CCC(C)(C)CC2)nc2cc(C(=O)N3CC[C@@H](CC(=O)O)[C@@H](F)C3)nn12. The van der Waals surface area contributed by atoms with Gasteiger partial charge in [-0.05, 0) is 62.5 Å². The van der Waals surface area contributed by atoms with Gasteiger partial charge < -0.3 is 14.9 Å². The van der Waals surface area contributed by atoms with Crippen molar-refractivity contribution >= 4 is 29.0 Å². The molecule has 2 aromatic heterocycles. The molecule has 0 spiro atoms. The van der Waals surface area contributed by atoms with E-state index in [9.17, 15) is 14.0 Å². The number of benzene rings is 1. The molecular formula is C31H40FN5O3. The van der Waals surface area contributed by atoms with Crippen LogP contribution >= 0.6 is 0 Å². The zero-order chi connectivity index (χ0) is 28.8. The van der Waals surface area contributed by atoms with Crippen LogP contribution in [0, 0.1) is 25.2 Å². The van der Waals surface area contributed by atoms with Crippen LogP contribution in [0.1, 0.15) is 85.6 Å². The monoisotopic (exact) mass is 549 g/mol. The number of hydrogen-bond acceptors (Lipinski definition) is 5. The third-order valence-electron chi connectivity index (χ3n) is 8.92. The van der Waals surface area contributed by atoms with E-state index < -0.39 is 18.1 Å². The number of halogens is 1. The van der Waals surface area contributed by atoms with E-state index in [1.54, 1.807) is 10.6 Å². The third-order valence-corrected chi connectivity index (χ3v) is 8.92. The van der Waals surface area contributed by atoms with Gasteiger partial charge in [-0.2, -0.15) is 9.61 Å². The van der Waals surface area contributed by atoms with E-state index in [-0.39, 0.29) is 24.6 Å². The standard InChI is InChI=1S/C31H40FN5O3/c1-19-7-6-8-20(2)29(19)35(5)27-17-24(21-9-12-31(3,4)13-10-21)33-26-16-25(34-37(26)27)30(40)36-14-11-22(15-28(38)39)23(32)18-36/h6-8,16-17,21-23H,9-15,18H2,1-5H3,(H,38,39)/t22-,23-/m0/s1. The fraction of sp³-hybridized carbons (Fsp3) is 0.548. The highest BCUT2D eigenvalue weighted by Gasteiger charge is 2.34. The van der Waals surface area contributed by atoms with E-state index in [4.69, 9.17) is 15.2 Å². The highest BCUT2D eigenvalue weighted by Crippen LogP contribution is 2.43. The van der Waals surface area contributed by atoms with Gasteiger partial charge in [-0.3, -0.25) is 9.59 Å². The lowest BCUT2D eigenvalue weighted by atomic mass is 9.72. The highest BCUT2D eigenvalue weighted by molar-refractivity contribution is 5.93. The highest BCUT2D eigenvalue weighted by atomic mass is 19.1. The van der Waals surface area contributed by atoms with Crippen LogP contribution in [-0.2, 0) is 4.79 Å². The lowest BCUT2D eigenvalue weighted by Gasteiger charge is -2.34. The summed E-state index contributed by atoms with van der Waals surface area (Å²) in [6.45, 7) is 8.98. The number of carboxylic acid groups (broad SMARTS) is 1. The summed E-state index contributed by atoms with van der Waals surface area (Å²) < 4.78 is 16.5. The second kappa shape index (κ2) is 10.8. The predicted molar refractivity (Wildman–Crippen MR) is 153 cm³/mol. The van der Waals surface area contributed by atoms with E-state index in [0.717, 1.165) is 54.0 Å². The van der Waals surface area contributed by atoms with Gasteiger partial charge in [0.15, 0.2) is 11.3 Å². The smallest absolute Gasteiger partial charge is 0.303 e. The molecule has 0 bridgehead atoms. The van der Waals surface area contributed by atoms with Crippen molar-refractivity contribution in [2.45, 2.75) is 78.3 Å². The molecule has 3 heterocycles. The molecular weight excluding hydrogens is 509 g/mol. The van der Waals surface area contributed by atoms with Gasteiger partial charge in [-0.1, -0.05) is 32.0 Å². The van der Waals surface area contributed by atoms with Crippen molar-refractivity contribution in [1.29, 1.82) is 0 Å². The lowest BCUT2D eigenvalue weighted by molar-refractivity contribution is -0.139. The number of carbonyl (C=O) groups excluding carboxylic acids is 1. The molecule has 5 rings (SSSR count). The number of rotatable bonds is 6. The first-order chi connectivity index (χ1) is 18.9. The number of alkyl halides is 1. The number of carboxylic acids is 1. The Morgan fingerprint density at radius 3 is 2.42 bits per heavy atom. The van der Waals surface area contributed by atoms with Gasteiger partial charge in [-0.15, -0.1) is 0 Å². The number of aromatic nitrogens is 3. The van der Waals surface area contributed by atoms with Crippen molar-refractivity contribution < 1.29 is 19.1 Å². The summed E-state index contributed by atoms with van der Waals surface area (Å²) in [6.07, 6.45) is 3.11. The van der Waals surface area contributed by atoms with E-state index >= 15 is 0 Å². The molecule has 1 aliphatic heterocycles. The van der Waals surface area contributed by atoms with E-state index in [0.29, 0.717) is 29.9 Å². The first-order valence-electron chi connectivity index (χ1n) is 14.3. The number of hydrogen-bond donors (Lipinski definition) is 1. The van der Waals surface area contributed by atoms with Gasteiger partial charge in [0.1, 0.15) is 12.0 Å². The van der Waals surface area contributed by atoms with Crippen LogP contribution in [0.15, 0.2) is 30.3 Å². The molecule has 1 aromatic carbocycles. The second-order valence-electron chi connectivity index (χ2n) is 12.5. The summed E-state index contributed by atoms with van der Waals surface area (Å²) in [7, 11) is 2.02. The van der Waals surface area contributed by atoms with Crippen molar-refractivity contribution in [3.05, 3.63) is 52.8 Å². The molecule has 214 valence electrons. The minimum atomic E-state index is -1.38. The molecule has 2 aliphatic rings. The fourth-order valence-electron chi connectivity index (χ4n) is 6.43. The van der Waals surface area contributed by atoms with Gasteiger partial charge in [0, 0.05) is 48.9 Å². The molecule has 9 heteroatoms. The summed E-state index contributed by atoms with van der Waals surface area (Å²) in [6, 6.07) is 10.0. The molecule has 0 radical (unpaired) electrons. The third kappa shape index (κ3) is 5.56. The van der Waals surface area contributed by atoms with Crippen LogP contribution in [0.5, 0.6) is 0 Å². The fourth-order valence-corrected chi connectivity index (χ4v) is 6.43. The molecule has 1 aliphatic carbocycles. The Bertz CT molecular complexity index is 1400. The maximum Gasteiger partial charge on any atom is 0.303 e. The average molecular weight is 550 g/mol. The Labute approximate surface area is 235 Å². The zero-order valence-corrected chi connectivity index (χ0v) is 24.2. The number of fused-ring (bicyclic) bond motifs is 1. The summed E-state index contributed by atoms with van der Waals surface area (Å²) >= 11 is 0. The number of aryl methyl sites for hydroxylation is 2. The minimum absolute atomic E-state index is 0.129. The number of anilines is 2. The molecule has 1 saturated heterocycles. The van der Waals surface area contributed by atoms with Gasteiger partial charge >= 0.3 is 5.97 Å². The minimum Gasteiger partial charge on any atom is -0.481 e. The number of piperidine rings is 1. The van der Waals surface area contributed by atoms with Gasteiger partial charge in [0.2, 0.25) is 0 Å². The Morgan fingerprint density at radius 1 is 1.12 bits per heavy atom. The van der Waals surface area contributed by atoms with Crippen molar-refractivity contribution in [2.24, 2.45) is 11.3 Å². The number of para-hydroxylation sites is 1. The molecule has 1 N–H and O–H groups in total. The van der Waals surface area contributed by atoms with Gasteiger partial charge in [0.05, 0.1) is 13.0 Å². The molecule has 40 heavy (non-hydrogen) atoms. The Hall–Kier alpha value is -3.49. The maximum absolute atomic E-state index is 14.8. The van der Waals surface area contributed by atoms with Crippen LogP contribution in [0.2, 0.25) is 0 Å². The van der Waals surface area contributed by atoms with E-state index in [2.05, 4.69) is 50.8 Å². The summed E-state index contributed by atoms with van der Waals surface area (Å²) in [5.41, 5.74) is 5.50. The average Bonchev–Trinajstić information content (AvgIpc) is 3.32. The molecule has 2 atom stereocenters. The van der Waals surface area contributed by atoms with Crippen molar-refractivity contribution in [3.63, 3.8) is 0 Å². The maximum atomic E-state index is 14.8. The van der Waals surface area contributed by atoms with Gasteiger partial charge in [-0.25, -0.2) is 9.37 Å².